The summed E-state index contributed by atoms with van der Waals surface area (Å²) in [5.41, 5.74) is 0.608. The maximum absolute atomic E-state index is 12.3. The van der Waals surface area contributed by atoms with Gasteiger partial charge in [0, 0.05) is 32.1 Å². The van der Waals surface area contributed by atoms with E-state index in [9.17, 15) is 9.59 Å². The van der Waals surface area contributed by atoms with Gasteiger partial charge in [0.2, 0.25) is 0 Å². The molecule has 24 heavy (non-hydrogen) atoms. The molecule has 3 rings (SSSR count). The van der Waals surface area contributed by atoms with Crippen molar-refractivity contribution in [3.8, 4) is 0 Å². The van der Waals surface area contributed by atoms with E-state index >= 15 is 0 Å². The number of likely N-dealkylation sites (tertiary alicyclic amines) is 1. The highest BCUT2D eigenvalue weighted by Gasteiger charge is 2.40. The maximum atomic E-state index is 12.3. The Bertz CT molecular complexity index is 562. The molecule has 0 saturated carbocycles. The van der Waals surface area contributed by atoms with Crippen molar-refractivity contribution in [2.45, 2.75) is 31.8 Å². The van der Waals surface area contributed by atoms with Crippen LogP contribution in [0.4, 0.5) is 4.79 Å². The number of hydrogen-bond acceptors (Lipinski definition) is 6. The fourth-order valence-corrected chi connectivity index (χ4v) is 3.80. The quantitative estimate of drug-likeness (QED) is 0.840. The van der Waals surface area contributed by atoms with Crippen molar-refractivity contribution in [2.24, 2.45) is 5.41 Å². The number of carbonyl (C=O) groups is 2. The zero-order valence-corrected chi connectivity index (χ0v) is 14.6. The van der Waals surface area contributed by atoms with Crippen LogP contribution in [-0.4, -0.2) is 65.8 Å². The zero-order chi connectivity index (χ0) is 17.0. The van der Waals surface area contributed by atoms with Crippen LogP contribution >= 0.6 is 11.5 Å². The van der Waals surface area contributed by atoms with Gasteiger partial charge < -0.3 is 20.3 Å². The van der Waals surface area contributed by atoms with Crippen LogP contribution in [0.25, 0.3) is 0 Å². The number of amides is 3. The summed E-state index contributed by atoms with van der Waals surface area (Å²) in [7, 11) is 1.60. The number of hydrogen-bond donors (Lipinski definition) is 2. The predicted molar refractivity (Wildman–Crippen MR) is 88.9 cm³/mol. The van der Waals surface area contributed by atoms with E-state index in [0.717, 1.165) is 38.8 Å². The number of urea groups is 1. The van der Waals surface area contributed by atoms with Crippen molar-refractivity contribution in [1.82, 2.24) is 25.1 Å². The number of ether oxygens (including phenoxy) is 1. The first kappa shape index (κ1) is 17.1. The molecule has 3 amide bonds. The van der Waals surface area contributed by atoms with Gasteiger partial charge in [-0.05, 0) is 42.6 Å². The molecule has 8 nitrogen and oxygen atoms in total. The topological polar surface area (TPSA) is 96.5 Å². The van der Waals surface area contributed by atoms with Crippen molar-refractivity contribution in [1.29, 1.82) is 0 Å². The van der Waals surface area contributed by atoms with E-state index in [1.165, 1.54) is 11.5 Å². The van der Waals surface area contributed by atoms with Crippen LogP contribution in [0.1, 0.15) is 36.2 Å². The molecule has 2 saturated heterocycles. The van der Waals surface area contributed by atoms with Gasteiger partial charge in [-0.15, -0.1) is 5.10 Å². The number of aromatic nitrogens is 2. The Kier molecular flexibility index (Phi) is 5.30. The Morgan fingerprint density at radius 2 is 2.21 bits per heavy atom. The van der Waals surface area contributed by atoms with Gasteiger partial charge in [0.05, 0.1) is 12.7 Å². The minimum Gasteiger partial charge on any atom is -0.376 e. The third-order valence-corrected chi connectivity index (χ3v) is 5.53. The van der Waals surface area contributed by atoms with E-state index in [1.807, 2.05) is 4.90 Å². The molecular weight excluding hydrogens is 330 g/mol. The number of carbonyl (C=O) groups excluding carboxylic acids is 2. The number of rotatable bonds is 3. The molecule has 2 fully saturated rings. The lowest BCUT2D eigenvalue weighted by molar-refractivity contribution is -0.0807. The number of piperidine rings is 1. The Morgan fingerprint density at radius 1 is 1.42 bits per heavy atom. The van der Waals surface area contributed by atoms with Gasteiger partial charge in [-0.1, -0.05) is 4.49 Å². The standard InChI is InChI=1S/C15H23N5O3S/c1-16-14(22)17-8-11-2-3-15(10-23-11)4-6-20(7-5-15)13(21)12-9-24-19-18-12/h9,11H,2-8,10H2,1H3,(H2,16,17,22). The van der Waals surface area contributed by atoms with Crippen LogP contribution in [0.3, 0.4) is 0 Å². The normalized spacial score (nSPS) is 23.0. The molecule has 0 aliphatic carbocycles. The van der Waals surface area contributed by atoms with Crippen molar-refractivity contribution < 1.29 is 14.3 Å². The van der Waals surface area contributed by atoms with Crippen LogP contribution in [0, 0.1) is 5.41 Å². The third kappa shape index (κ3) is 3.84. The molecule has 1 aromatic heterocycles. The lowest BCUT2D eigenvalue weighted by Gasteiger charge is -2.45. The molecule has 1 unspecified atom stereocenters. The van der Waals surface area contributed by atoms with Crippen LogP contribution in [0.2, 0.25) is 0 Å². The molecule has 0 bridgehead atoms. The molecule has 1 atom stereocenters. The molecule has 132 valence electrons. The van der Waals surface area contributed by atoms with Crippen molar-refractivity contribution in [3.05, 3.63) is 11.1 Å². The Balaban J connectivity index is 1.45. The second kappa shape index (κ2) is 7.43. The second-order valence-electron chi connectivity index (χ2n) is 6.51. The van der Waals surface area contributed by atoms with E-state index < -0.39 is 0 Å². The zero-order valence-electron chi connectivity index (χ0n) is 13.8. The molecule has 2 aliphatic heterocycles. The minimum atomic E-state index is -0.178. The highest BCUT2D eigenvalue weighted by molar-refractivity contribution is 7.03. The van der Waals surface area contributed by atoms with Crippen molar-refractivity contribution >= 4 is 23.5 Å². The molecular formula is C15H23N5O3S. The van der Waals surface area contributed by atoms with Crippen LogP contribution < -0.4 is 10.6 Å². The molecule has 1 aromatic rings. The van der Waals surface area contributed by atoms with Crippen molar-refractivity contribution in [2.75, 3.05) is 33.3 Å². The molecule has 2 N–H and O–H groups in total. The van der Waals surface area contributed by atoms with Crippen LogP contribution in [0.15, 0.2) is 5.38 Å². The van der Waals surface area contributed by atoms with Gasteiger partial charge in [-0.3, -0.25) is 4.79 Å². The fourth-order valence-electron chi connectivity index (χ4n) is 3.37. The number of nitrogens with one attached hydrogen (secondary N) is 2. The van der Waals surface area contributed by atoms with Gasteiger partial charge in [0.1, 0.15) is 0 Å². The second-order valence-corrected chi connectivity index (χ2v) is 7.12. The SMILES string of the molecule is CNC(=O)NCC1CCC2(CCN(C(=O)c3csnn3)CC2)CO1. The number of nitrogens with zero attached hydrogens (tertiary/aromatic N) is 3. The Morgan fingerprint density at radius 3 is 2.79 bits per heavy atom. The van der Waals surface area contributed by atoms with E-state index in [-0.39, 0.29) is 23.5 Å². The van der Waals surface area contributed by atoms with E-state index in [1.54, 1.807) is 12.4 Å². The summed E-state index contributed by atoms with van der Waals surface area (Å²) in [6.07, 6.45) is 3.99. The largest absolute Gasteiger partial charge is 0.376 e. The predicted octanol–water partition coefficient (Wildman–Crippen LogP) is 0.869. The van der Waals surface area contributed by atoms with Gasteiger partial charge in [-0.2, -0.15) is 0 Å². The van der Waals surface area contributed by atoms with Crippen molar-refractivity contribution in [3.63, 3.8) is 0 Å². The summed E-state index contributed by atoms with van der Waals surface area (Å²) in [6.45, 7) is 2.71. The summed E-state index contributed by atoms with van der Waals surface area (Å²) >= 11 is 1.20. The van der Waals surface area contributed by atoms with E-state index in [2.05, 4.69) is 20.2 Å². The average molecular weight is 353 g/mol. The summed E-state index contributed by atoms with van der Waals surface area (Å²) < 4.78 is 9.72. The molecule has 1 spiro atoms. The first-order valence-corrected chi connectivity index (χ1v) is 9.09. The molecule has 2 aliphatic rings. The van der Waals surface area contributed by atoms with Gasteiger partial charge in [0.15, 0.2) is 5.69 Å². The average Bonchev–Trinajstić information content (AvgIpc) is 3.16. The van der Waals surface area contributed by atoms with E-state index in [0.29, 0.717) is 18.8 Å². The van der Waals surface area contributed by atoms with Crippen LogP contribution in [0.5, 0.6) is 0 Å². The fraction of sp³-hybridized carbons (Fsp3) is 0.733. The highest BCUT2D eigenvalue weighted by atomic mass is 32.1. The van der Waals surface area contributed by atoms with Gasteiger partial charge >= 0.3 is 6.03 Å². The van der Waals surface area contributed by atoms with Gasteiger partial charge in [0.25, 0.3) is 5.91 Å². The summed E-state index contributed by atoms with van der Waals surface area (Å²) in [6, 6.07) is -0.178. The smallest absolute Gasteiger partial charge is 0.314 e. The minimum absolute atomic E-state index is 0.0250. The summed E-state index contributed by atoms with van der Waals surface area (Å²) in [4.78, 5) is 25.4. The van der Waals surface area contributed by atoms with E-state index in [4.69, 9.17) is 4.74 Å². The van der Waals surface area contributed by atoms with Crippen LogP contribution in [-0.2, 0) is 4.74 Å². The molecule has 0 aromatic carbocycles. The first-order chi connectivity index (χ1) is 11.6. The maximum Gasteiger partial charge on any atom is 0.314 e. The lowest BCUT2D eigenvalue weighted by Crippen LogP contribution is -2.49. The molecule has 9 heteroatoms. The highest BCUT2D eigenvalue weighted by Crippen LogP contribution is 2.40. The lowest BCUT2D eigenvalue weighted by atomic mass is 9.73. The monoisotopic (exact) mass is 353 g/mol. The molecule has 3 heterocycles. The third-order valence-electron chi connectivity index (χ3n) is 5.03. The summed E-state index contributed by atoms with van der Waals surface area (Å²) in [5.74, 6) is -0.0250. The molecule has 0 radical (unpaired) electrons. The Hall–Kier alpha value is -1.74. The first-order valence-electron chi connectivity index (χ1n) is 8.25. The summed E-state index contributed by atoms with van der Waals surface area (Å²) in [5, 5.41) is 10.9. The Labute approximate surface area is 145 Å². The van der Waals surface area contributed by atoms with Gasteiger partial charge in [-0.25, -0.2) is 4.79 Å².